The van der Waals surface area contributed by atoms with Gasteiger partial charge >= 0.3 is 18.4 Å². The van der Waals surface area contributed by atoms with E-state index in [-0.39, 0.29) is 16.4 Å². The highest BCUT2D eigenvalue weighted by Crippen LogP contribution is 2.37. The fourth-order valence-electron chi connectivity index (χ4n) is 2.93. The Balaban J connectivity index is 1.81. The summed E-state index contributed by atoms with van der Waals surface area (Å²) in [6.45, 7) is 0. The van der Waals surface area contributed by atoms with Crippen LogP contribution in [0.25, 0.3) is 0 Å². The largest absolute Gasteiger partial charge is 0.418 e. The van der Waals surface area contributed by atoms with Crippen molar-refractivity contribution in [1.29, 1.82) is 0 Å². The van der Waals surface area contributed by atoms with Crippen LogP contribution in [0.15, 0.2) is 60.7 Å². The minimum atomic E-state index is -5.00. The molecule has 5 nitrogen and oxygen atoms in total. The first-order valence-corrected chi connectivity index (χ1v) is 9.85. The first kappa shape index (κ1) is 25.8. The van der Waals surface area contributed by atoms with Gasteiger partial charge in [0.25, 0.3) is 5.91 Å². The molecule has 0 aromatic heterocycles. The zero-order valence-corrected chi connectivity index (χ0v) is 17.9. The van der Waals surface area contributed by atoms with Gasteiger partial charge in [-0.15, -0.1) is 0 Å². The Morgan fingerprint density at radius 3 is 1.97 bits per heavy atom. The molecule has 3 N–H and O–H groups in total. The molecule has 0 aliphatic heterocycles. The van der Waals surface area contributed by atoms with Gasteiger partial charge in [0, 0.05) is 11.4 Å². The third-order valence-electron chi connectivity index (χ3n) is 4.47. The average Bonchev–Trinajstić information content (AvgIpc) is 2.73. The molecular formula is C22H13ClF7N3O2. The number of hydrogen-bond donors (Lipinski definition) is 3. The lowest BCUT2D eigenvalue weighted by atomic mass is 10.1. The second-order valence-electron chi connectivity index (χ2n) is 6.97. The highest BCUT2D eigenvalue weighted by Gasteiger charge is 2.35. The Morgan fingerprint density at radius 1 is 0.743 bits per heavy atom. The van der Waals surface area contributed by atoms with Crippen molar-refractivity contribution in [2.45, 2.75) is 12.4 Å². The van der Waals surface area contributed by atoms with Crippen molar-refractivity contribution in [3.63, 3.8) is 0 Å². The summed E-state index contributed by atoms with van der Waals surface area (Å²) in [5, 5.41) is 5.77. The summed E-state index contributed by atoms with van der Waals surface area (Å²) in [5.41, 5.74) is -4.46. The van der Waals surface area contributed by atoms with Gasteiger partial charge in [-0.25, -0.2) is 9.18 Å². The smallest absolute Gasteiger partial charge is 0.321 e. The maximum absolute atomic E-state index is 13.9. The lowest BCUT2D eigenvalue weighted by Gasteiger charge is -2.16. The molecule has 0 heterocycles. The van der Waals surface area contributed by atoms with Crippen molar-refractivity contribution in [2.24, 2.45) is 0 Å². The van der Waals surface area contributed by atoms with E-state index < -0.39 is 52.5 Å². The summed E-state index contributed by atoms with van der Waals surface area (Å²) in [5.74, 6) is -2.28. The number of amides is 3. The zero-order valence-electron chi connectivity index (χ0n) is 17.1. The molecular weight excluding hydrogens is 507 g/mol. The topological polar surface area (TPSA) is 70.2 Å². The first-order valence-electron chi connectivity index (χ1n) is 9.47. The van der Waals surface area contributed by atoms with Gasteiger partial charge in [0.05, 0.1) is 27.4 Å². The van der Waals surface area contributed by atoms with Crippen LogP contribution in [0.1, 0.15) is 21.5 Å². The third kappa shape index (κ3) is 6.41. The number of alkyl halides is 6. The summed E-state index contributed by atoms with van der Waals surface area (Å²) >= 11 is 5.76. The molecule has 3 aromatic carbocycles. The van der Waals surface area contributed by atoms with E-state index >= 15 is 0 Å². The summed E-state index contributed by atoms with van der Waals surface area (Å²) in [4.78, 5) is 24.5. The molecule has 3 aromatic rings. The van der Waals surface area contributed by atoms with E-state index in [1.165, 1.54) is 12.1 Å². The zero-order chi connectivity index (χ0) is 26.0. The van der Waals surface area contributed by atoms with Crippen molar-refractivity contribution in [1.82, 2.24) is 0 Å². The number of rotatable bonds is 4. The summed E-state index contributed by atoms with van der Waals surface area (Å²) < 4.78 is 93.1. The Labute approximate surface area is 197 Å². The van der Waals surface area contributed by atoms with Crippen LogP contribution in [0.3, 0.4) is 0 Å². The molecule has 0 unspecified atom stereocenters. The van der Waals surface area contributed by atoms with E-state index in [0.717, 1.165) is 36.4 Å². The quantitative estimate of drug-likeness (QED) is 0.314. The highest BCUT2D eigenvalue weighted by molar-refractivity contribution is 6.34. The van der Waals surface area contributed by atoms with Crippen LogP contribution in [0.2, 0.25) is 5.02 Å². The van der Waals surface area contributed by atoms with Gasteiger partial charge in [-0.05, 0) is 48.5 Å². The van der Waals surface area contributed by atoms with Crippen molar-refractivity contribution >= 4 is 40.6 Å². The molecule has 184 valence electrons. The SMILES string of the molecule is O=C(Nc1cccc(C(F)(F)F)c1)Nc1ccc(NC(=O)c2c(F)cccc2Cl)c(C(F)(F)F)c1. The van der Waals surface area contributed by atoms with Gasteiger partial charge in [0.15, 0.2) is 0 Å². The maximum atomic E-state index is 13.9. The Kier molecular flexibility index (Phi) is 7.25. The average molecular weight is 520 g/mol. The molecule has 0 bridgehead atoms. The standard InChI is InChI=1S/C22H13ClF7N3O2/c23-15-5-2-6-16(24)18(15)19(34)33-17-8-7-13(10-14(17)22(28,29)30)32-20(35)31-12-4-1-3-11(9-12)21(25,26)27/h1-10H,(H,33,34)(H2,31,32,35). The predicted molar refractivity (Wildman–Crippen MR) is 115 cm³/mol. The molecule has 3 rings (SSSR count). The van der Waals surface area contributed by atoms with Crippen molar-refractivity contribution in [3.8, 4) is 0 Å². The fraction of sp³-hybridized carbons (Fsp3) is 0.0909. The fourth-order valence-corrected chi connectivity index (χ4v) is 3.18. The van der Waals surface area contributed by atoms with Gasteiger partial charge in [-0.2, -0.15) is 26.3 Å². The van der Waals surface area contributed by atoms with Crippen LogP contribution in [0.4, 0.5) is 52.6 Å². The number of benzene rings is 3. The molecule has 0 aliphatic carbocycles. The number of nitrogens with one attached hydrogen (secondary N) is 3. The van der Waals surface area contributed by atoms with E-state index in [1.54, 1.807) is 0 Å². The van der Waals surface area contributed by atoms with E-state index in [0.29, 0.717) is 12.1 Å². The van der Waals surface area contributed by atoms with E-state index in [4.69, 9.17) is 11.6 Å². The molecule has 0 spiro atoms. The Hall–Kier alpha value is -3.80. The number of urea groups is 1. The Bertz CT molecular complexity index is 1260. The molecule has 0 saturated heterocycles. The minimum absolute atomic E-state index is 0.251. The summed E-state index contributed by atoms with van der Waals surface area (Å²) in [7, 11) is 0. The molecule has 13 heteroatoms. The van der Waals surface area contributed by atoms with Gasteiger partial charge in [0.2, 0.25) is 0 Å². The highest BCUT2D eigenvalue weighted by atomic mass is 35.5. The van der Waals surface area contributed by atoms with E-state index in [9.17, 15) is 40.3 Å². The van der Waals surface area contributed by atoms with Gasteiger partial charge in [0.1, 0.15) is 5.82 Å². The van der Waals surface area contributed by atoms with Crippen LogP contribution < -0.4 is 16.0 Å². The molecule has 0 radical (unpaired) electrons. The molecule has 0 fully saturated rings. The van der Waals surface area contributed by atoms with Gasteiger partial charge in [-0.3, -0.25) is 4.79 Å². The lowest BCUT2D eigenvalue weighted by molar-refractivity contribution is -0.138. The van der Waals surface area contributed by atoms with E-state index in [2.05, 4.69) is 10.6 Å². The minimum Gasteiger partial charge on any atom is -0.321 e. The monoisotopic (exact) mass is 519 g/mol. The number of hydrogen-bond acceptors (Lipinski definition) is 2. The second kappa shape index (κ2) is 9.82. The van der Waals surface area contributed by atoms with Crippen molar-refractivity contribution in [3.05, 3.63) is 88.2 Å². The van der Waals surface area contributed by atoms with Crippen molar-refractivity contribution < 1.29 is 40.3 Å². The normalized spacial score (nSPS) is 11.7. The van der Waals surface area contributed by atoms with Crippen molar-refractivity contribution in [2.75, 3.05) is 16.0 Å². The maximum Gasteiger partial charge on any atom is 0.418 e. The third-order valence-corrected chi connectivity index (χ3v) is 4.78. The van der Waals surface area contributed by atoms with Crippen LogP contribution >= 0.6 is 11.6 Å². The Morgan fingerprint density at radius 2 is 1.37 bits per heavy atom. The summed E-state index contributed by atoms with van der Waals surface area (Å²) in [6, 6.07) is 8.10. The van der Waals surface area contributed by atoms with E-state index in [1.807, 2.05) is 5.32 Å². The van der Waals surface area contributed by atoms with Crippen LogP contribution in [0.5, 0.6) is 0 Å². The molecule has 0 aliphatic rings. The predicted octanol–water partition coefficient (Wildman–Crippen LogP) is 7.41. The molecule has 0 atom stereocenters. The number of carbonyl (C=O) groups excluding carboxylic acids is 2. The summed E-state index contributed by atoms with van der Waals surface area (Å²) in [6.07, 6.45) is -9.67. The molecule has 0 saturated carbocycles. The number of carbonyl (C=O) groups is 2. The first-order chi connectivity index (χ1) is 16.3. The number of halogens is 8. The number of anilines is 3. The molecule has 35 heavy (non-hydrogen) atoms. The van der Waals surface area contributed by atoms with Crippen LogP contribution in [0, 0.1) is 5.82 Å². The van der Waals surface area contributed by atoms with Gasteiger partial charge in [-0.1, -0.05) is 23.7 Å². The van der Waals surface area contributed by atoms with Gasteiger partial charge < -0.3 is 16.0 Å². The van der Waals surface area contributed by atoms with Crippen LogP contribution in [-0.4, -0.2) is 11.9 Å². The van der Waals surface area contributed by atoms with Crippen LogP contribution in [-0.2, 0) is 12.4 Å². The lowest BCUT2D eigenvalue weighted by Crippen LogP contribution is -2.21. The molecule has 3 amide bonds. The second-order valence-corrected chi connectivity index (χ2v) is 7.37.